The summed E-state index contributed by atoms with van der Waals surface area (Å²) in [6, 6.07) is 0. The molecule has 1 aliphatic rings. The highest BCUT2D eigenvalue weighted by molar-refractivity contribution is 5.45. The number of hydrogen-bond donors (Lipinski definition) is 2. The van der Waals surface area contributed by atoms with Crippen LogP contribution in [0.2, 0.25) is 0 Å². The maximum atomic E-state index is 5.53. The largest absolute Gasteiger partial charge is 0.308 e. The number of nitrogen functional groups attached to an aromatic ring is 1. The molecule has 1 heterocycles. The Morgan fingerprint density at radius 1 is 1.35 bits per heavy atom. The van der Waals surface area contributed by atoms with Crippen LogP contribution < -0.4 is 11.3 Å². The van der Waals surface area contributed by atoms with Crippen molar-refractivity contribution in [3.63, 3.8) is 0 Å². The number of aryl methyl sites for hydroxylation is 1. The second kappa shape index (κ2) is 5.00. The highest BCUT2D eigenvalue weighted by Gasteiger charge is 2.26. The third-order valence-corrected chi connectivity index (χ3v) is 3.80. The molecule has 0 spiro atoms. The third-order valence-electron chi connectivity index (χ3n) is 3.80. The maximum absolute atomic E-state index is 5.53. The van der Waals surface area contributed by atoms with Gasteiger partial charge < -0.3 is 5.43 Å². The van der Waals surface area contributed by atoms with Crippen LogP contribution in [0.4, 0.5) is 5.82 Å². The van der Waals surface area contributed by atoms with E-state index in [4.69, 9.17) is 10.8 Å². The van der Waals surface area contributed by atoms with E-state index in [-0.39, 0.29) is 0 Å². The third kappa shape index (κ3) is 2.41. The van der Waals surface area contributed by atoms with Gasteiger partial charge in [-0.25, -0.2) is 15.8 Å². The fourth-order valence-electron chi connectivity index (χ4n) is 2.69. The molecule has 1 fully saturated rings. The number of rotatable bonds is 3. The summed E-state index contributed by atoms with van der Waals surface area (Å²) >= 11 is 0. The first-order chi connectivity index (χ1) is 8.15. The molecule has 0 radical (unpaired) electrons. The van der Waals surface area contributed by atoms with Crippen molar-refractivity contribution in [1.29, 1.82) is 0 Å². The molecule has 17 heavy (non-hydrogen) atoms. The van der Waals surface area contributed by atoms with Gasteiger partial charge in [0.2, 0.25) is 0 Å². The maximum Gasteiger partial charge on any atom is 0.146 e. The molecular weight excluding hydrogens is 212 g/mol. The molecule has 0 aliphatic heterocycles. The van der Waals surface area contributed by atoms with Gasteiger partial charge in [-0.2, -0.15) is 0 Å². The average molecular weight is 234 g/mol. The zero-order chi connectivity index (χ0) is 12.4. The number of hydrogen-bond acceptors (Lipinski definition) is 4. The van der Waals surface area contributed by atoms with Crippen molar-refractivity contribution in [1.82, 2.24) is 9.97 Å². The number of aromatic nitrogens is 2. The lowest BCUT2D eigenvalue weighted by molar-refractivity contribution is 0.583. The van der Waals surface area contributed by atoms with Crippen molar-refractivity contribution in [2.24, 2.45) is 11.8 Å². The molecule has 0 amide bonds. The smallest absolute Gasteiger partial charge is 0.146 e. The van der Waals surface area contributed by atoms with Gasteiger partial charge in [-0.15, -0.1) is 0 Å². The van der Waals surface area contributed by atoms with Gasteiger partial charge in [-0.05, 0) is 38.5 Å². The summed E-state index contributed by atoms with van der Waals surface area (Å²) in [5, 5.41) is 0. The molecule has 2 rings (SSSR count). The molecule has 3 N–H and O–H groups in total. The summed E-state index contributed by atoms with van der Waals surface area (Å²) in [7, 11) is 0. The van der Waals surface area contributed by atoms with Gasteiger partial charge >= 0.3 is 0 Å². The lowest BCUT2D eigenvalue weighted by Gasteiger charge is -2.14. The van der Waals surface area contributed by atoms with Crippen LogP contribution in [-0.2, 0) is 6.42 Å². The van der Waals surface area contributed by atoms with E-state index < -0.39 is 0 Å². The molecule has 0 saturated heterocycles. The number of nitrogens with one attached hydrogen (secondary N) is 1. The van der Waals surface area contributed by atoms with Crippen molar-refractivity contribution in [2.45, 2.75) is 52.4 Å². The molecule has 1 saturated carbocycles. The number of hydrazine groups is 1. The van der Waals surface area contributed by atoms with Gasteiger partial charge in [0.25, 0.3) is 0 Å². The Hall–Kier alpha value is -1.16. The Morgan fingerprint density at radius 3 is 2.65 bits per heavy atom. The van der Waals surface area contributed by atoms with E-state index in [0.29, 0.717) is 5.92 Å². The van der Waals surface area contributed by atoms with Gasteiger partial charge in [0, 0.05) is 17.2 Å². The minimum atomic E-state index is 0.517. The van der Waals surface area contributed by atoms with E-state index in [9.17, 15) is 0 Å². The van der Waals surface area contributed by atoms with Crippen LogP contribution in [0.5, 0.6) is 0 Å². The van der Waals surface area contributed by atoms with Gasteiger partial charge in [0.15, 0.2) is 0 Å². The fraction of sp³-hybridized carbons (Fsp3) is 0.692. The first-order valence-corrected chi connectivity index (χ1v) is 6.49. The van der Waals surface area contributed by atoms with Gasteiger partial charge in [-0.1, -0.05) is 13.8 Å². The topological polar surface area (TPSA) is 63.8 Å². The Labute approximate surface area is 103 Å². The Balaban J connectivity index is 2.34. The van der Waals surface area contributed by atoms with E-state index in [2.05, 4.69) is 24.3 Å². The van der Waals surface area contributed by atoms with Crippen molar-refractivity contribution in [2.75, 3.05) is 5.43 Å². The van der Waals surface area contributed by atoms with E-state index in [0.717, 1.165) is 35.2 Å². The Kier molecular flexibility index (Phi) is 3.62. The van der Waals surface area contributed by atoms with E-state index >= 15 is 0 Å². The van der Waals surface area contributed by atoms with Gasteiger partial charge in [0.1, 0.15) is 11.6 Å². The zero-order valence-electron chi connectivity index (χ0n) is 11.0. The van der Waals surface area contributed by atoms with Crippen LogP contribution in [0.15, 0.2) is 0 Å². The zero-order valence-corrected chi connectivity index (χ0v) is 11.0. The van der Waals surface area contributed by atoms with Crippen molar-refractivity contribution >= 4 is 5.82 Å². The monoisotopic (exact) mass is 234 g/mol. The highest BCUT2D eigenvalue weighted by Crippen LogP contribution is 2.37. The molecule has 1 aromatic heterocycles. The molecule has 0 aromatic carbocycles. The summed E-state index contributed by atoms with van der Waals surface area (Å²) in [5.41, 5.74) is 4.88. The summed E-state index contributed by atoms with van der Waals surface area (Å²) in [6.07, 6.45) is 4.63. The summed E-state index contributed by atoms with van der Waals surface area (Å²) in [6.45, 7) is 6.45. The van der Waals surface area contributed by atoms with Crippen molar-refractivity contribution in [3.05, 3.63) is 17.1 Å². The minimum Gasteiger partial charge on any atom is -0.308 e. The van der Waals surface area contributed by atoms with Crippen LogP contribution in [-0.4, -0.2) is 9.97 Å². The first kappa shape index (κ1) is 12.3. The van der Waals surface area contributed by atoms with E-state index in [1.165, 1.54) is 19.3 Å². The number of nitrogens with two attached hydrogens (primary N) is 1. The molecule has 94 valence electrons. The van der Waals surface area contributed by atoms with Gasteiger partial charge in [0.05, 0.1) is 0 Å². The van der Waals surface area contributed by atoms with Crippen LogP contribution in [0.3, 0.4) is 0 Å². The number of nitrogens with zero attached hydrogens (tertiary/aromatic N) is 2. The predicted molar refractivity (Wildman–Crippen MR) is 69.7 cm³/mol. The first-order valence-electron chi connectivity index (χ1n) is 6.49. The van der Waals surface area contributed by atoms with E-state index in [1.807, 2.05) is 6.92 Å². The molecular formula is C13H22N4. The van der Waals surface area contributed by atoms with Gasteiger partial charge in [-0.3, -0.25) is 0 Å². The Bertz CT molecular complexity index is 377. The summed E-state index contributed by atoms with van der Waals surface area (Å²) < 4.78 is 0. The molecule has 2 unspecified atom stereocenters. The molecule has 2 atom stereocenters. The average Bonchev–Trinajstić information content (AvgIpc) is 2.76. The number of anilines is 1. The lowest BCUT2D eigenvalue weighted by atomic mass is 10.0. The van der Waals surface area contributed by atoms with Crippen LogP contribution >= 0.6 is 0 Å². The molecule has 1 aromatic rings. The van der Waals surface area contributed by atoms with Crippen molar-refractivity contribution in [3.8, 4) is 0 Å². The van der Waals surface area contributed by atoms with Crippen LogP contribution in [0, 0.1) is 12.8 Å². The normalized spacial score (nSPS) is 24.0. The lowest BCUT2D eigenvalue weighted by Crippen LogP contribution is -2.15. The van der Waals surface area contributed by atoms with Crippen LogP contribution in [0.25, 0.3) is 0 Å². The summed E-state index contributed by atoms with van der Waals surface area (Å²) in [5.74, 6) is 8.60. The second-order valence-corrected chi connectivity index (χ2v) is 5.12. The van der Waals surface area contributed by atoms with Crippen LogP contribution in [0.1, 0.15) is 56.1 Å². The standard InChI is InChI=1S/C13H22N4/c1-4-11-9(3)12(17-14)16-13(15-11)10-6-5-8(2)7-10/h8,10H,4-7,14H2,1-3H3,(H,15,16,17). The SMILES string of the molecule is CCc1nc(C2CCC(C)C2)nc(NN)c1C. The predicted octanol–water partition coefficient (Wildman–Crippen LogP) is 2.54. The second-order valence-electron chi connectivity index (χ2n) is 5.12. The minimum absolute atomic E-state index is 0.517. The quantitative estimate of drug-likeness (QED) is 0.623. The molecule has 4 heteroatoms. The summed E-state index contributed by atoms with van der Waals surface area (Å²) in [4.78, 5) is 9.28. The van der Waals surface area contributed by atoms with E-state index in [1.54, 1.807) is 0 Å². The Morgan fingerprint density at radius 2 is 2.12 bits per heavy atom. The molecule has 0 bridgehead atoms. The fourth-order valence-corrected chi connectivity index (χ4v) is 2.69. The molecule has 4 nitrogen and oxygen atoms in total. The highest BCUT2D eigenvalue weighted by atomic mass is 15.3. The van der Waals surface area contributed by atoms with Crippen molar-refractivity contribution < 1.29 is 0 Å². The molecule has 1 aliphatic carbocycles.